The maximum Gasteiger partial charge on any atom is 0.250 e. The zero-order valence-corrected chi connectivity index (χ0v) is 21.1. The minimum atomic E-state index is -0.445. The van der Waals surface area contributed by atoms with Crippen LogP contribution in [0.1, 0.15) is 16.7 Å². The predicted octanol–water partition coefficient (Wildman–Crippen LogP) is 2.66. The topological polar surface area (TPSA) is 121 Å². The Balaban J connectivity index is 1.86. The molecule has 1 saturated heterocycles. The number of amides is 2. The van der Waals surface area contributed by atoms with Crippen LogP contribution in [-0.4, -0.2) is 64.6 Å². The number of carbonyl (C=O) groups excluding carboxylic acids is 2. The average molecular weight is 530 g/mol. The Morgan fingerprint density at radius 3 is 2.86 bits per heavy atom. The zero-order chi connectivity index (χ0) is 26.9. The number of ether oxygens (including phenoxy) is 1. The number of nitrogens with one attached hydrogen (secondary N) is 1. The number of anilines is 1. The van der Waals surface area contributed by atoms with Crippen molar-refractivity contribution in [2.24, 2.45) is 5.73 Å². The molecule has 4 N–H and O–H groups in total. The predicted molar refractivity (Wildman–Crippen MR) is 139 cm³/mol. The van der Waals surface area contributed by atoms with Gasteiger partial charge in [0.2, 0.25) is 5.91 Å². The molecule has 37 heavy (non-hydrogen) atoms. The highest BCUT2D eigenvalue weighted by atomic mass is 35.5. The van der Waals surface area contributed by atoms with Crippen molar-refractivity contribution >= 4 is 34.8 Å². The monoisotopic (exact) mass is 529 g/mol. The number of nitrogens with zero attached hydrogens (tertiary/aromatic N) is 3. The van der Waals surface area contributed by atoms with E-state index < -0.39 is 11.7 Å². The van der Waals surface area contributed by atoms with E-state index in [1.54, 1.807) is 30.4 Å². The van der Waals surface area contributed by atoms with Gasteiger partial charge in [0.25, 0.3) is 5.91 Å². The molecule has 0 aliphatic carbocycles. The smallest absolute Gasteiger partial charge is 0.250 e. The summed E-state index contributed by atoms with van der Waals surface area (Å²) in [7, 11) is 1.54. The van der Waals surface area contributed by atoms with Gasteiger partial charge >= 0.3 is 0 Å². The van der Waals surface area contributed by atoms with Crippen molar-refractivity contribution in [2.45, 2.75) is 19.2 Å². The molecule has 1 aromatic carbocycles. The van der Waals surface area contributed by atoms with E-state index in [1.807, 2.05) is 4.90 Å². The molecular formula is C26H29ClFN5O4. The molecule has 1 aliphatic heterocycles. The van der Waals surface area contributed by atoms with Crippen molar-refractivity contribution < 1.29 is 23.8 Å². The van der Waals surface area contributed by atoms with E-state index >= 15 is 0 Å². The normalized spacial score (nSPS) is 16.4. The first-order valence-corrected chi connectivity index (χ1v) is 11.8. The van der Waals surface area contributed by atoms with Gasteiger partial charge in [0.15, 0.2) is 0 Å². The minimum Gasteiger partial charge on any atom is -0.404 e. The fourth-order valence-corrected chi connectivity index (χ4v) is 4.26. The van der Waals surface area contributed by atoms with E-state index in [2.05, 4.69) is 16.9 Å². The SMILES string of the molecule is C=C/C(=C\N1CC(=O)N(Cc2cc(F)ccc2CO)[C@@H](COC)C1)c1cc(NC(=O)C=CN)ncc1Cl. The Bertz CT molecular complexity index is 1220. The Labute approximate surface area is 219 Å². The van der Waals surface area contributed by atoms with E-state index in [4.69, 9.17) is 22.1 Å². The molecule has 0 spiro atoms. The van der Waals surface area contributed by atoms with Crippen molar-refractivity contribution in [1.29, 1.82) is 0 Å². The molecule has 0 unspecified atom stereocenters. The van der Waals surface area contributed by atoms with Crippen LogP contribution in [-0.2, 0) is 27.5 Å². The molecule has 1 fully saturated rings. The molecule has 11 heteroatoms. The number of aliphatic hydroxyl groups excluding tert-OH is 1. The number of hydrogen-bond acceptors (Lipinski definition) is 7. The van der Waals surface area contributed by atoms with Crippen LogP contribution in [0.2, 0.25) is 5.02 Å². The second-order valence-electron chi connectivity index (χ2n) is 8.32. The molecule has 0 radical (unpaired) electrons. The molecular weight excluding hydrogens is 501 g/mol. The van der Waals surface area contributed by atoms with Crippen LogP contribution in [0.5, 0.6) is 0 Å². The molecule has 1 aliphatic rings. The molecule has 3 rings (SSSR count). The van der Waals surface area contributed by atoms with E-state index in [0.717, 1.165) is 12.3 Å². The summed E-state index contributed by atoms with van der Waals surface area (Å²) in [6, 6.07) is 5.38. The lowest BCUT2D eigenvalue weighted by Crippen LogP contribution is -2.56. The highest BCUT2D eigenvalue weighted by molar-refractivity contribution is 6.32. The van der Waals surface area contributed by atoms with Crippen LogP contribution in [0.3, 0.4) is 0 Å². The highest BCUT2D eigenvalue weighted by Gasteiger charge is 2.32. The second kappa shape index (κ2) is 13.0. The first-order chi connectivity index (χ1) is 17.8. The molecule has 9 nitrogen and oxygen atoms in total. The van der Waals surface area contributed by atoms with Crippen LogP contribution < -0.4 is 11.1 Å². The molecule has 2 heterocycles. The van der Waals surface area contributed by atoms with Gasteiger partial charge in [-0.3, -0.25) is 9.59 Å². The lowest BCUT2D eigenvalue weighted by atomic mass is 10.0. The number of halogens is 2. The van der Waals surface area contributed by atoms with Crippen molar-refractivity contribution in [3.05, 3.63) is 89.1 Å². The standard InChI is InChI=1S/C26H29ClFN5O4/c1-3-17(22-9-24(30-10-23(22)27)31-25(35)6-7-29)11-32-13-21(16-37-2)33(26(36)14-32)12-19-8-20(28)5-4-18(19)15-34/h3-11,21,34H,1,12-16,29H2,2H3,(H,30,31,35)/b7-6?,17-11+/t21-/m1/s1. The Morgan fingerprint density at radius 2 is 2.19 bits per heavy atom. The Hall–Kier alpha value is -3.73. The second-order valence-corrected chi connectivity index (χ2v) is 8.72. The fourth-order valence-electron chi connectivity index (χ4n) is 4.04. The average Bonchev–Trinajstić information content (AvgIpc) is 2.86. The van der Waals surface area contributed by atoms with Gasteiger partial charge in [0.1, 0.15) is 11.6 Å². The quantitative estimate of drug-likeness (QED) is 0.319. The number of aliphatic hydroxyl groups is 1. The molecule has 1 atom stereocenters. The number of nitrogens with two attached hydrogens (primary N) is 1. The maximum absolute atomic E-state index is 13.9. The third kappa shape index (κ3) is 7.16. The third-order valence-electron chi connectivity index (χ3n) is 5.79. The van der Waals surface area contributed by atoms with E-state index in [-0.39, 0.29) is 44.1 Å². The summed E-state index contributed by atoms with van der Waals surface area (Å²) in [6.45, 7) is 4.48. The number of piperazine rings is 1. The van der Waals surface area contributed by atoms with Crippen LogP contribution in [0.15, 0.2) is 61.6 Å². The number of aromatic nitrogens is 1. The minimum absolute atomic E-state index is 0.0505. The van der Waals surface area contributed by atoms with E-state index in [0.29, 0.717) is 33.8 Å². The van der Waals surface area contributed by atoms with Gasteiger partial charge in [-0.05, 0) is 41.1 Å². The zero-order valence-electron chi connectivity index (χ0n) is 20.4. The number of methoxy groups -OCH3 is 1. The number of carbonyl (C=O) groups is 2. The fraction of sp³-hybridized carbons (Fsp3) is 0.269. The summed E-state index contributed by atoms with van der Waals surface area (Å²) in [5, 5.41) is 12.6. The summed E-state index contributed by atoms with van der Waals surface area (Å²) < 4.78 is 19.2. The number of rotatable bonds is 10. The summed E-state index contributed by atoms with van der Waals surface area (Å²) in [6.07, 6.45) is 7.04. The maximum atomic E-state index is 13.9. The van der Waals surface area contributed by atoms with Crippen LogP contribution in [0, 0.1) is 5.82 Å². The van der Waals surface area contributed by atoms with Gasteiger partial charge in [-0.25, -0.2) is 9.37 Å². The van der Waals surface area contributed by atoms with Gasteiger partial charge in [-0.2, -0.15) is 0 Å². The number of benzene rings is 1. The molecule has 2 amide bonds. The van der Waals surface area contributed by atoms with Crippen molar-refractivity contribution in [1.82, 2.24) is 14.8 Å². The lowest BCUT2D eigenvalue weighted by molar-refractivity contribution is -0.141. The lowest BCUT2D eigenvalue weighted by Gasteiger charge is -2.41. The molecule has 196 valence electrons. The van der Waals surface area contributed by atoms with Crippen LogP contribution >= 0.6 is 11.6 Å². The van der Waals surface area contributed by atoms with Crippen molar-refractivity contribution in [3.63, 3.8) is 0 Å². The highest BCUT2D eigenvalue weighted by Crippen LogP contribution is 2.28. The first kappa shape index (κ1) is 27.9. The number of allylic oxidation sites excluding steroid dienone is 2. The van der Waals surface area contributed by atoms with Crippen molar-refractivity contribution in [2.75, 3.05) is 32.1 Å². The number of pyridine rings is 1. The largest absolute Gasteiger partial charge is 0.404 e. The van der Waals surface area contributed by atoms with E-state index in [1.165, 1.54) is 24.4 Å². The molecule has 2 aromatic rings. The summed E-state index contributed by atoms with van der Waals surface area (Å²) in [5.41, 5.74) is 7.51. The summed E-state index contributed by atoms with van der Waals surface area (Å²) in [4.78, 5) is 32.6. The third-order valence-corrected chi connectivity index (χ3v) is 6.09. The first-order valence-electron chi connectivity index (χ1n) is 11.4. The molecule has 0 bridgehead atoms. The summed E-state index contributed by atoms with van der Waals surface area (Å²) >= 11 is 6.38. The van der Waals surface area contributed by atoms with Gasteiger partial charge in [0.05, 0.1) is 30.8 Å². The van der Waals surface area contributed by atoms with E-state index in [9.17, 15) is 19.1 Å². The van der Waals surface area contributed by atoms with Gasteiger partial charge in [0, 0.05) is 44.2 Å². The molecule has 1 aromatic heterocycles. The Kier molecular flexibility index (Phi) is 9.78. The molecule has 0 saturated carbocycles. The van der Waals surface area contributed by atoms with Crippen LogP contribution in [0.25, 0.3) is 5.57 Å². The number of hydrogen-bond donors (Lipinski definition) is 3. The van der Waals surface area contributed by atoms with Crippen LogP contribution in [0.4, 0.5) is 10.2 Å². The van der Waals surface area contributed by atoms with Gasteiger partial charge in [-0.15, -0.1) is 0 Å². The van der Waals surface area contributed by atoms with Gasteiger partial charge < -0.3 is 30.7 Å². The van der Waals surface area contributed by atoms with Gasteiger partial charge in [-0.1, -0.05) is 30.3 Å². The Morgan fingerprint density at radius 1 is 1.41 bits per heavy atom. The summed E-state index contributed by atoms with van der Waals surface area (Å²) in [5.74, 6) is -0.810. The van der Waals surface area contributed by atoms with Crippen molar-refractivity contribution in [3.8, 4) is 0 Å².